The summed E-state index contributed by atoms with van der Waals surface area (Å²) in [4.78, 5) is 9.69. The van der Waals surface area contributed by atoms with Crippen molar-refractivity contribution in [2.24, 2.45) is 18.7 Å². The molecule has 2 aliphatic carbocycles. The Labute approximate surface area is 256 Å². The third-order valence-electron chi connectivity index (χ3n) is 9.35. The predicted molar refractivity (Wildman–Crippen MR) is 173 cm³/mol. The second-order valence-corrected chi connectivity index (χ2v) is 13.7. The lowest BCUT2D eigenvalue weighted by Gasteiger charge is -2.25. The molecule has 2 aliphatic rings. The van der Waals surface area contributed by atoms with E-state index in [1.54, 1.807) is 0 Å². The lowest BCUT2D eigenvalue weighted by molar-refractivity contribution is 0.489. The zero-order valence-electron chi connectivity index (χ0n) is 25.1. The number of hydrogen-bond acceptors (Lipinski definition) is 5. The lowest BCUT2D eigenvalue weighted by Crippen LogP contribution is -2.23. The summed E-state index contributed by atoms with van der Waals surface area (Å²) in [6, 6.07) is 16.8. The molecule has 6 nitrogen and oxygen atoms in total. The number of fused-ring (bicyclic) bond motifs is 2. The first kappa shape index (κ1) is 28.0. The largest absolute Gasteiger partial charge is 0.402 e. The molecule has 2 aromatic carbocycles. The van der Waals surface area contributed by atoms with E-state index in [1.165, 1.54) is 59.8 Å². The SMILES string of the molecule is Cc1cc(CNCC2CCCC2)cc(-c2ccc3c(c2)c(-c2nc4c([nH]2)CC(N)=CCC4(C)c2ccc(F)s2)nn3C)c1. The van der Waals surface area contributed by atoms with Crippen molar-refractivity contribution >= 4 is 22.2 Å². The van der Waals surface area contributed by atoms with Crippen LogP contribution >= 0.6 is 11.3 Å². The van der Waals surface area contributed by atoms with Crippen molar-refractivity contribution in [3.05, 3.63) is 92.8 Å². The molecule has 0 spiro atoms. The second-order valence-electron chi connectivity index (χ2n) is 12.7. The van der Waals surface area contributed by atoms with Gasteiger partial charge in [-0.3, -0.25) is 4.68 Å². The Hall–Kier alpha value is -3.75. The van der Waals surface area contributed by atoms with Crippen LogP contribution in [0, 0.1) is 18.0 Å². The average Bonchev–Trinajstić information content (AvgIpc) is 3.79. The number of aromatic amines is 1. The highest BCUT2D eigenvalue weighted by Crippen LogP contribution is 2.43. The monoisotopic (exact) mass is 594 g/mol. The molecule has 4 N–H and O–H groups in total. The van der Waals surface area contributed by atoms with Gasteiger partial charge < -0.3 is 16.0 Å². The number of allylic oxidation sites excluding steroid dienone is 2. The van der Waals surface area contributed by atoms with E-state index in [0.717, 1.165) is 63.1 Å². The Balaban J connectivity index is 1.25. The van der Waals surface area contributed by atoms with Crippen LogP contribution < -0.4 is 11.1 Å². The van der Waals surface area contributed by atoms with E-state index in [0.29, 0.717) is 18.7 Å². The molecular formula is C35H39FN6S. The number of halogens is 1. The smallest absolute Gasteiger partial charge is 0.176 e. The molecule has 0 amide bonds. The van der Waals surface area contributed by atoms with Crippen LogP contribution in [0.1, 0.15) is 66.4 Å². The number of aryl methyl sites for hydroxylation is 2. The minimum Gasteiger partial charge on any atom is -0.402 e. The van der Waals surface area contributed by atoms with Crippen LogP contribution in [0.25, 0.3) is 33.5 Å². The molecule has 0 radical (unpaired) electrons. The molecular weight excluding hydrogens is 555 g/mol. The van der Waals surface area contributed by atoms with E-state index in [-0.39, 0.29) is 5.13 Å². The van der Waals surface area contributed by atoms with Gasteiger partial charge >= 0.3 is 0 Å². The van der Waals surface area contributed by atoms with E-state index < -0.39 is 5.41 Å². The lowest BCUT2D eigenvalue weighted by atomic mass is 9.81. The van der Waals surface area contributed by atoms with Gasteiger partial charge in [0.1, 0.15) is 5.69 Å². The number of aromatic nitrogens is 4. The summed E-state index contributed by atoms with van der Waals surface area (Å²) < 4.78 is 16.1. The van der Waals surface area contributed by atoms with E-state index >= 15 is 0 Å². The molecule has 3 heterocycles. The Bertz CT molecular complexity index is 1840. The summed E-state index contributed by atoms with van der Waals surface area (Å²) in [5.74, 6) is 1.54. The van der Waals surface area contributed by atoms with E-state index in [1.807, 2.05) is 17.8 Å². The first-order chi connectivity index (χ1) is 20.8. The Kier molecular flexibility index (Phi) is 7.22. The number of hydrogen-bond donors (Lipinski definition) is 3. The van der Waals surface area contributed by atoms with E-state index in [4.69, 9.17) is 15.8 Å². The number of thiophene rings is 1. The van der Waals surface area contributed by atoms with Gasteiger partial charge in [0, 0.05) is 47.1 Å². The number of imidazole rings is 1. The predicted octanol–water partition coefficient (Wildman–Crippen LogP) is 7.51. The van der Waals surface area contributed by atoms with Crippen molar-refractivity contribution in [2.45, 2.75) is 64.3 Å². The molecule has 1 unspecified atom stereocenters. The van der Waals surface area contributed by atoms with Crippen molar-refractivity contribution in [1.29, 1.82) is 0 Å². The molecule has 0 saturated heterocycles. The molecule has 1 fully saturated rings. The zero-order chi connectivity index (χ0) is 29.7. The summed E-state index contributed by atoms with van der Waals surface area (Å²) >= 11 is 1.18. The molecule has 0 bridgehead atoms. The highest BCUT2D eigenvalue weighted by Gasteiger charge is 2.37. The van der Waals surface area contributed by atoms with Crippen LogP contribution in [0.5, 0.6) is 0 Å². The molecule has 5 aromatic rings. The van der Waals surface area contributed by atoms with Crippen LogP contribution in [0.4, 0.5) is 4.39 Å². The van der Waals surface area contributed by atoms with Crippen LogP contribution in [0.3, 0.4) is 0 Å². The van der Waals surface area contributed by atoms with Gasteiger partial charge in [0.05, 0.1) is 11.2 Å². The summed E-state index contributed by atoms with van der Waals surface area (Å²) in [6.07, 6.45) is 8.74. The van der Waals surface area contributed by atoms with Crippen molar-refractivity contribution in [3.8, 4) is 22.6 Å². The first-order valence-corrected chi connectivity index (χ1v) is 16.2. The summed E-state index contributed by atoms with van der Waals surface area (Å²) in [6.45, 7) is 6.28. The van der Waals surface area contributed by atoms with Gasteiger partial charge in [0.15, 0.2) is 11.0 Å². The van der Waals surface area contributed by atoms with E-state index in [2.05, 4.69) is 66.6 Å². The van der Waals surface area contributed by atoms with Gasteiger partial charge in [0.25, 0.3) is 0 Å². The van der Waals surface area contributed by atoms with Gasteiger partial charge in [-0.25, -0.2) is 4.98 Å². The Morgan fingerprint density at radius 2 is 1.95 bits per heavy atom. The number of benzene rings is 2. The molecule has 43 heavy (non-hydrogen) atoms. The fraction of sp³-hybridized carbons (Fsp3) is 0.371. The van der Waals surface area contributed by atoms with Crippen molar-refractivity contribution in [3.63, 3.8) is 0 Å². The fourth-order valence-corrected chi connectivity index (χ4v) is 7.92. The fourth-order valence-electron chi connectivity index (χ4n) is 7.03. The molecule has 3 aromatic heterocycles. The molecule has 1 atom stereocenters. The van der Waals surface area contributed by atoms with Crippen LogP contribution in [-0.2, 0) is 25.4 Å². The Morgan fingerprint density at radius 1 is 1.12 bits per heavy atom. The number of nitrogens with two attached hydrogens (primary N) is 1. The molecule has 8 heteroatoms. The third kappa shape index (κ3) is 5.31. The average molecular weight is 595 g/mol. The second kappa shape index (κ2) is 11.1. The van der Waals surface area contributed by atoms with Crippen molar-refractivity contribution < 1.29 is 4.39 Å². The quantitative estimate of drug-likeness (QED) is 0.182. The molecule has 1 saturated carbocycles. The standard InChI is InChI=1S/C35H39FN6S/c1-21-14-23(20-38-19-22-6-4-5-7-22)16-25(15-21)24-8-9-29-27(17-24)32(41-42(29)3)34-39-28-18-26(37)12-13-35(2,33(28)40-34)30-10-11-31(36)43-30/h8-12,14-17,22,38H,4-7,13,18-20,37H2,1-3H3,(H,39,40). The highest BCUT2D eigenvalue weighted by atomic mass is 32.1. The van der Waals surface area contributed by atoms with Crippen LogP contribution in [0.15, 0.2) is 60.3 Å². The molecule has 0 aliphatic heterocycles. The number of H-pyrrole nitrogens is 1. The minimum atomic E-state index is -0.486. The first-order valence-electron chi connectivity index (χ1n) is 15.4. The van der Waals surface area contributed by atoms with Crippen molar-refractivity contribution in [2.75, 3.05) is 6.54 Å². The van der Waals surface area contributed by atoms with Crippen molar-refractivity contribution in [1.82, 2.24) is 25.1 Å². The van der Waals surface area contributed by atoms with Gasteiger partial charge in [-0.05, 0) is 92.6 Å². The zero-order valence-corrected chi connectivity index (χ0v) is 26.0. The highest BCUT2D eigenvalue weighted by molar-refractivity contribution is 7.10. The van der Waals surface area contributed by atoms with Crippen LogP contribution in [-0.4, -0.2) is 26.3 Å². The van der Waals surface area contributed by atoms with Gasteiger partial charge in [-0.15, -0.1) is 11.3 Å². The summed E-state index contributed by atoms with van der Waals surface area (Å²) in [5.41, 5.74) is 15.3. The maximum Gasteiger partial charge on any atom is 0.176 e. The summed E-state index contributed by atoms with van der Waals surface area (Å²) in [7, 11) is 1.97. The molecule has 222 valence electrons. The number of rotatable bonds is 7. The maximum absolute atomic E-state index is 14.1. The Morgan fingerprint density at radius 3 is 2.74 bits per heavy atom. The maximum atomic E-state index is 14.1. The van der Waals surface area contributed by atoms with Gasteiger partial charge in [-0.1, -0.05) is 42.7 Å². The third-order valence-corrected chi connectivity index (χ3v) is 10.5. The minimum absolute atomic E-state index is 0.193. The number of nitrogens with zero attached hydrogens (tertiary/aromatic N) is 3. The topological polar surface area (TPSA) is 84.6 Å². The van der Waals surface area contributed by atoms with Gasteiger partial charge in [0.2, 0.25) is 0 Å². The van der Waals surface area contributed by atoms with Gasteiger partial charge in [-0.2, -0.15) is 9.49 Å². The number of nitrogens with one attached hydrogen (secondary N) is 2. The normalized spacial score (nSPS) is 19.1. The molecule has 7 rings (SSSR count). The summed E-state index contributed by atoms with van der Waals surface area (Å²) in [5, 5.41) is 9.48. The van der Waals surface area contributed by atoms with E-state index in [9.17, 15) is 4.39 Å². The van der Waals surface area contributed by atoms with Crippen LogP contribution in [0.2, 0.25) is 0 Å².